The van der Waals surface area contributed by atoms with Gasteiger partial charge in [0.25, 0.3) is 5.91 Å². The number of ether oxygens (including phenoxy) is 1. The van der Waals surface area contributed by atoms with Crippen molar-refractivity contribution in [1.82, 2.24) is 15.1 Å². The molecule has 0 spiro atoms. The van der Waals surface area contributed by atoms with Crippen molar-refractivity contribution in [3.63, 3.8) is 0 Å². The number of nitrogens with one attached hydrogen (secondary N) is 2. The van der Waals surface area contributed by atoms with E-state index in [1.807, 2.05) is 48.5 Å². The SMILES string of the molecule is CC(NC(=O)c1cnn(C)c1NC(=O)OCC1c2ccccc2-c2ccccc21)C(=O)O. The summed E-state index contributed by atoms with van der Waals surface area (Å²) in [6, 6.07) is 14.9. The lowest BCUT2D eigenvalue weighted by molar-refractivity contribution is -0.138. The Morgan fingerprint density at radius 1 is 1.09 bits per heavy atom. The summed E-state index contributed by atoms with van der Waals surface area (Å²) in [6.45, 7) is 1.46. The van der Waals surface area contributed by atoms with Crippen molar-refractivity contribution in [2.75, 3.05) is 11.9 Å². The second-order valence-electron chi connectivity index (χ2n) is 7.51. The Kier molecular flexibility index (Phi) is 5.63. The number of aromatic nitrogens is 2. The molecule has 0 bridgehead atoms. The highest BCUT2D eigenvalue weighted by molar-refractivity contribution is 6.02. The summed E-state index contributed by atoms with van der Waals surface area (Å²) in [6.07, 6.45) is 0.513. The predicted octanol–water partition coefficient (Wildman–Crippen LogP) is 2.98. The van der Waals surface area contributed by atoms with E-state index in [-0.39, 0.29) is 23.9 Å². The first-order chi connectivity index (χ1) is 15.4. The smallest absolute Gasteiger partial charge is 0.412 e. The van der Waals surface area contributed by atoms with Crippen LogP contribution in [0.15, 0.2) is 54.7 Å². The zero-order valence-electron chi connectivity index (χ0n) is 17.5. The number of hydrogen-bond acceptors (Lipinski definition) is 5. The molecule has 9 nitrogen and oxygen atoms in total. The first kappa shape index (κ1) is 21.1. The van der Waals surface area contributed by atoms with Crippen LogP contribution in [0.3, 0.4) is 0 Å². The van der Waals surface area contributed by atoms with Gasteiger partial charge in [-0.15, -0.1) is 0 Å². The summed E-state index contributed by atoms with van der Waals surface area (Å²) in [5.74, 6) is -1.83. The Hall–Kier alpha value is -4.14. The number of hydrogen-bond donors (Lipinski definition) is 3. The maximum atomic E-state index is 12.5. The van der Waals surface area contributed by atoms with Crippen molar-refractivity contribution in [3.05, 3.63) is 71.4 Å². The van der Waals surface area contributed by atoms with Crippen LogP contribution in [0.5, 0.6) is 0 Å². The first-order valence-electron chi connectivity index (χ1n) is 10.0. The predicted molar refractivity (Wildman–Crippen MR) is 116 cm³/mol. The molecule has 2 amide bonds. The first-order valence-corrected chi connectivity index (χ1v) is 10.0. The Morgan fingerprint density at radius 3 is 2.28 bits per heavy atom. The third-order valence-corrected chi connectivity index (χ3v) is 5.47. The molecule has 1 atom stereocenters. The Balaban J connectivity index is 1.46. The zero-order valence-corrected chi connectivity index (χ0v) is 17.5. The van der Waals surface area contributed by atoms with E-state index >= 15 is 0 Å². The van der Waals surface area contributed by atoms with E-state index in [9.17, 15) is 14.4 Å². The normalized spacial score (nSPS) is 13.1. The Morgan fingerprint density at radius 2 is 1.69 bits per heavy atom. The number of anilines is 1. The Bertz CT molecular complexity index is 1160. The zero-order chi connectivity index (χ0) is 22.8. The summed E-state index contributed by atoms with van der Waals surface area (Å²) in [5.41, 5.74) is 4.45. The highest BCUT2D eigenvalue weighted by Gasteiger charge is 2.29. The molecule has 32 heavy (non-hydrogen) atoms. The lowest BCUT2D eigenvalue weighted by atomic mass is 9.98. The molecular formula is C23H22N4O5. The monoisotopic (exact) mass is 434 g/mol. The average molecular weight is 434 g/mol. The van der Waals surface area contributed by atoms with Gasteiger partial charge in [-0.3, -0.25) is 19.6 Å². The van der Waals surface area contributed by atoms with Gasteiger partial charge in [-0.1, -0.05) is 48.5 Å². The molecule has 3 N–H and O–H groups in total. The molecule has 0 saturated carbocycles. The molecule has 2 aromatic carbocycles. The quantitative estimate of drug-likeness (QED) is 0.548. The third-order valence-electron chi connectivity index (χ3n) is 5.47. The standard InChI is InChI=1S/C23H22N4O5/c1-13(22(29)30)25-21(28)18-11-24-27(2)20(18)26-23(31)32-12-19-16-9-5-3-7-14(16)15-8-4-6-10-17(15)19/h3-11,13,19H,12H2,1-2H3,(H,25,28)(H,26,31)(H,29,30). The molecular weight excluding hydrogens is 412 g/mol. The minimum absolute atomic E-state index is 0.0362. The number of rotatable bonds is 6. The van der Waals surface area contributed by atoms with E-state index in [1.165, 1.54) is 17.8 Å². The molecule has 3 aromatic rings. The highest BCUT2D eigenvalue weighted by atomic mass is 16.5. The van der Waals surface area contributed by atoms with Crippen LogP contribution in [0.2, 0.25) is 0 Å². The molecule has 0 saturated heterocycles. The van der Waals surface area contributed by atoms with Gasteiger partial charge >= 0.3 is 12.1 Å². The van der Waals surface area contributed by atoms with E-state index in [2.05, 4.69) is 15.7 Å². The number of amides is 2. The molecule has 0 fully saturated rings. The Labute approximate surface area is 184 Å². The summed E-state index contributed by atoms with van der Waals surface area (Å²) >= 11 is 0. The maximum Gasteiger partial charge on any atom is 0.412 e. The molecule has 1 aliphatic carbocycles. The van der Waals surface area contributed by atoms with Gasteiger partial charge in [0.2, 0.25) is 0 Å². The topological polar surface area (TPSA) is 123 Å². The second-order valence-corrected chi connectivity index (χ2v) is 7.51. The van der Waals surface area contributed by atoms with Gasteiger partial charge in [-0.2, -0.15) is 5.10 Å². The molecule has 1 heterocycles. The number of aryl methyl sites for hydroxylation is 1. The van der Waals surface area contributed by atoms with Crippen LogP contribution in [-0.4, -0.2) is 45.5 Å². The fourth-order valence-electron chi connectivity index (χ4n) is 3.82. The fourth-order valence-corrected chi connectivity index (χ4v) is 3.82. The van der Waals surface area contributed by atoms with Crippen LogP contribution >= 0.6 is 0 Å². The van der Waals surface area contributed by atoms with Gasteiger partial charge < -0.3 is 15.2 Å². The van der Waals surface area contributed by atoms with Gasteiger partial charge in [0, 0.05) is 13.0 Å². The molecule has 164 valence electrons. The number of carbonyl (C=O) groups excluding carboxylic acids is 2. The number of carboxylic acid groups (broad SMARTS) is 1. The third kappa shape index (κ3) is 3.92. The van der Waals surface area contributed by atoms with E-state index in [1.54, 1.807) is 7.05 Å². The molecule has 0 aliphatic heterocycles. The van der Waals surface area contributed by atoms with Crippen LogP contribution in [0, 0.1) is 0 Å². The van der Waals surface area contributed by atoms with Crippen molar-refractivity contribution in [2.24, 2.45) is 7.05 Å². The fraction of sp³-hybridized carbons (Fsp3) is 0.217. The number of fused-ring (bicyclic) bond motifs is 3. The van der Waals surface area contributed by atoms with Gasteiger partial charge in [0.05, 0.1) is 6.20 Å². The van der Waals surface area contributed by atoms with E-state index in [4.69, 9.17) is 9.84 Å². The van der Waals surface area contributed by atoms with Gasteiger partial charge in [-0.05, 0) is 29.2 Å². The van der Waals surface area contributed by atoms with E-state index < -0.39 is 24.0 Å². The van der Waals surface area contributed by atoms with Crippen LogP contribution in [0.1, 0.15) is 34.3 Å². The minimum atomic E-state index is -1.17. The number of carbonyl (C=O) groups is 3. The van der Waals surface area contributed by atoms with E-state index in [0.29, 0.717) is 0 Å². The van der Waals surface area contributed by atoms with Crippen molar-refractivity contribution in [3.8, 4) is 11.1 Å². The number of aliphatic carboxylic acids is 1. The lowest BCUT2D eigenvalue weighted by Gasteiger charge is -2.15. The van der Waals surface area contributed by atoms with Crippen molar-refractivity contribution < 1.29 is 24.2 Å². The van der Waals surface area contributed by atoms with E-state index in [0.717, 1.165) is 22.3 Å². The summed E-state index contributed by atoms with van der Waals surface area (Å²) in [5, 5.41) is 17.8. The van der Waals surface area contributed by atoms with Gasteiger partial charge in [0.1, 0.15) is 24.0 Å². The number of benzene rings is 2. The lowest BCUT2D eigenvalue weighted by Crippen LogP contribution is -2.38. The molecule has 4 rings (SSSR count). The second kappa shape index (κ2) is 8.54. The average Bonchev–Trinajstić information content (AvgIpc) is 3.30. The van der Waals surface area contributed by atoms with Crippen molar-refractivity contribution in [2.45, 2.75) is 18.9 Å². The maximum absolute atomic E-state index is 12.5. The number of carboxylic acids is 1. The summed E-state index contributed by atoms with van der Waals surface area (Å²) in [4.78, 5) is 35.9. The van der Waals surface area contributed by atoms with Gasteiger partial charge in [-0.25, -0.2) is 4.79 Å². The number of nitrogens with zero attached hydrogens (tertiary/aromatic N) is 2. The summed E-state index contributed by atoms with van der Waals surface area (Å²) in [7, 11) is 1.55. The van der Waals surface area contributed by atoms with Gasteiger partial charge in [0.15, 0.2) is 0 Å². The van der Waals surface area contributed by atoms with Crippen molar-refractivity contribution >= 4 is 23.8 Å². The van der Waals surface area contributed by atoms with Crippen molar-refractivity contribution in [1.29, 1.82) is 0 Å². The molecule has 1 unspecified atom stereocenters. The summed E-state index contributed by atoms with van der Waals surface area (Å²) < 4.78 is 6.81. The van der Waals surface area contributed by atoms with Crippen LogP contribution in [-0.2, 0) is 16.6 Å². The van der Waals surface area contributed by atoms with Crippen LogP contribution in [0.25, 0.3) is 11.1 Å². The molecule has 1 aliphatic rings. The molecule has 9 heteroatoms. The van der Waals surface area contributed by atoms with Crippen LogP contribution in [0.4, 0.5) is 10.6 Å². The minimum Gasteiger partial charge on any atom is -0.480 e. The largest absolute Gasteiger partial charge is 0.480 e. The molecule has 1 aromatic heterocycles. The van der Waals surface area contributed by atoms with Crippen LogP contribution < -0.4 is 10.6 Å². The highest BCUT2D eigenvalue weighted by Crippen LogP contribution is 2.44. The molecule has 0 radical (unpaired) electrons.